The van der Waals surface area contributed by atoms with Crippen molar-refractivity contribution in [1.29, 1.82) is 0 Å². The molecular formula is C21H15FN4O4. The van der Waals surface area contributed by atoms with Crippen molar-refractivity contribution in [2.24, 2.45) is 0 Å². The molecule has 1 saturated heterocycles. The number of hydrogen-bond donors (Lipinski definition) is 1. The lowest BCUT2D eigenvalue weighted by Crippen LogP contribution is -2.30. The Bertz CT molecular complexity index is 1180. The summed E-state index contributed by atoms with van der Waals surface area (Å²) in [6.07, 6.45) is 3.20. The highest BCUT2D eigenvalue weighted by atomic mass is 19.1. The second-order valence-corrected chi connectivity index (χ2v) is 6.59. The number of carbonyl (C=O) groups excluding carboxylic acids is 2. The predicted molar refractivity (Wildman–Crippen MR) is 106 cm³/mol. The molecule has 1 aliphatic rings. The van der Waals surface area contributed by atoms with Crippen LogP contribution in [0.2, 0.25) is 0 Å². The Morgan fingerprint density at radius 2 is 1.83 bits per heavy atom. The number of non-ortho nitro benzene ring substituents is 1. The van der Waals surface area contributed by atoms with Gasteiger partial charge in [-0.2, -0.15) is 0 Å². The lowest BCUT2D eigenvalue weighted by Gasteiger charge is -2.11. The van der Waals surface area contributed by atoms with Gasteiger partial charge in [-0.05, 0) is 42.0 Å². The van der Waals surface area contributed by atoms with Gasteiger partial charge < -0.3 is 9.88 Å². The van der Waals surface area contributed by atoms with E-state index in [9.17, 15) is 24.1 Å². The van der Waals surface area contributed by atoms with Crippen LogP contribution in [0, 0.1) is 15.9 Å². The molecule has 0 spiro atoms. The summed E-state index contributed by atoms with van der Waals surface area (Å²) in [6, 6.07) is 14.5. The fourth-order valence-corrected chi connectivity index (χ4v) is 3.14. The highest BCUT2D eigenvalue weighted by Gasteiger charge is 2.33. The number of nitrogens with zero attached hydrogens (tertiary/aromatic N) is 3. The summed E-state index contributed by atoms with van der Waals surface area (Å²) in [6.45, 7) is 0.00811. The van der Waals surface area contributed by atoms with Crippen molar-refractivity contribution in [2.45, 2.75) is 6.54 Å². The third-order valence-corrected chi connectivity index (χ3v) is 4.61. The third-order valence-electron chi connectivity index (χ3n) is 4.61. The Balaban J connectivity index is 1.60. The molecule has 0 unspecified atom stereocenters. The van der Waals surface area contributed by atoms with Crippen molar-refractivity contribution < 1.29 is 18.9 Å². The average Bonchev–Trinajstić information content (AvgIpc) is 3.30. The number of benzene rings is 2. The molecule has 2 heterocycles. The number of halogens is 1. The van der Waals surface area contributed by atoms with Crippen molar-refractivity contribution in [1.82, 2.24) is 14.8 Å². The van der Waals surface area contributed by atoms with Crippen molar-refractivity contribution in [3.63, 3.8) is 0 Å². The van der Waals surface area contributed by atoms with Gasteiger partial charge in [0.05, 0.1) is 17.2 Å². The molecule has 30 heavy (non-hydrogen) atoms. The molecule has 3 aromatic rings. The van der Waals surface area contributed by atoms with Gasteiger partial charge in [0, 0.05) is 24.0 Å². The number of amides is 3. The van der Waals surface area contributed by atoms with Crippen LogP contribution in [-0.4, -0.2) is 26.3 Å². The number of nitrogens with one attached hydrogen (secondary N) is 1. The molecule has 150 valence electrons. The maximum Gasteiger partial charge on any atom is 0.329 e. The first-order chi connectivity index (χ1) is 14.4. The van der Waals surface area contributed by atoms with Crippen LogP contribution >= 0.6 is 0 Å². The number of rotatable bonds is 5. The molecule has 0 aliphatic carbocycles. The van der Waals surface area contributed by atoms with Crippen LogP contribution in [0.4, 0.5) is 14.9 Å². The Hall–Kier alpha value is -4.27. The van der Waals surface area contributed by atoms with Crippen LogP contribution in [0.15, 0.2) is 72.6 Å². The Morgan fingerprint density at radius 3 is 2.57 bits per heavy atom. The van der Waals surface area contributed by atoms with Crippen LogP contribution in [0.5, 0.6) is 0 Å². The van der Waals surface area contributed by atoms with E-state index in [1.807, 2.05) is 0 Å². The number of imide groups is 1. The number of hydrogen-bond acceptors (Lipinski definition) is 4. The van der Waals surface area contributed by atoms with E-state index < -0.39 is 22.7 Å². The fourth-order valence-electron chi connectivity index (χ4n) is 3.14. The zero-order chi connectivity index (χ0) is 21.3. The number of nitro benzene ring substituents is 1. The first-order valence-electron chi connectivity index (χ1n) is 8.93. The van der Waals surface area contributed by atoms with E-state index in [2.05, 4.69) is 5.32 Å². The van der Waals surface area contributed by atoms with Gasteiger partial charge in [0.25, 0.3) is 11.6 Å². The lowest BCUT2D eigenvalue weighted by atomic mass is 10.2. The summed E-state index contributed by atoms with van der Waals surface area (Å²) < 4.78 is 14.7. The fraction of sp³-hybridized carbons (Fsp3) is 0.0476. The summed E-state index contributed by atoms with van der Waals surface area (Å²) in [5.41, 5.74) is 1.73. The molecule has 1 aliphatic heterocycles. The molecule has 3 amide bonds. The second kappa shape index (κ2) is 7.63. The topological polar surface area (TPSA) is 97.5 Å². The summed E-state index contributed by atoms with van der Waals surface area (Å²) in [7, 11) is 0. The van der Waals surface area contributed by atoms with Gasteiger partial charge in [-0.15, -0.1) is 0 Å². The van der Waals surface area contributed by atoms with Gasteiger partial charge in [-0.25, -0.2) is 9.18 Å². The minimum absolute atomic E-state index is 0.00811. The monoisotopic (exact) mass is 406 g/mol. The van der Waals surface area contributed by atoms with Crippen LogP contribution in [0.3, 0.4) is 0 Å². The van der Waals surface area contributed by atoms with Crippen molar-refractivity contribution >= 4 is 23.7 Å². The summed E-state index contributed by atoms with van der Waals surface area (Å²) in [4.78, 5) is 36.5. The molecule has 0 saturated carbocycles. The van der Waals surface area contributed by atoms with Crippen molar-refractivity contribution in [2.75, 3.05) is 0 Å². The predicted octanol–water partition coefficient (Wildman–Crippen LogP) is 3.62. The molecule has 4 rings (SSSR count). The second-order valence-electron chi connectivity index (χ2n) is 6.59. The normalized spacial score (nSPS) is 15.0. The smallest absolute Gasteiger partial charge is 0.317 e. The van der Waals surface area contributed by atoms with Crippen LogP contribution in [-0.2, 0) is 11.3 Å². The molecule has 2 aromatic carbocycles. The first kappa shape index (κ1) is 19.1. The summed E-state index contributed by atoms with van der Waals surface area (Å²) in [5, 5.41) is 13.6. The molecule has 0 radical (unpaired) electrons. The largest absolute Gasteiger partial charge is 0.329 e. The number of urea groups is 1. The van der Waals surface area contributed by atoms with E-state index in [1.165, 1.54) is 42.5 Å². The molecular weight excluding hydrogens is 391 g/mol. The van der Waals surface area contributed by atoms with E-state index in [0.717, 1.165) is 4.90 Å². The Kier molecular flexibility index (Phi) is 4.85. The van der Waals surface area contributed by atoms with E-state index in [4.69, 9.17) is 0 Å². The highest BCUT2D eigenvalue weighted by molar-refractivity contribution is 6.13. The SMILES string of the molecule is O=C1N/C(=C\c2cccn2-c2cccc([N+](=O)[O-])c2)C(=O)N1Cc1ccc(F)cc1. The maximum atomic E-state index is 13.1. The maximum absolute atomic E-state index is 13.1. The van der Waals surface area contributed by atoms with Crippen molar-refractivity contribution in [3.8, 4) is 5.69 Å². The number of nitro groups is 1. The molecule has 0 bridgehead atoms. The standard InChI is InChI=1S/C21H15FN4O4/c22-15-8-6-14(7-9-15)13-25-20(27)19(23-21(25)28)12-17-5-2-10-24(17)16-3-1-4-18(11-16)26(29)30/h1-12H,13H2,(H,23,28)/b19-12-. The van der Waals surface area contributed by atoms with Crippen LogP contribution in [0.1, 0.15) is 11.3 Å². The van der Waals surface area contributed by atoms with E-state index in [1.54, 1.807) is 35.0 Å². The minimum Gasteiger partial charge on any atom is -0.317 e. The van der Waals surface area contributed by atoms with Gasteiger partial charge in [0.1, 0.15) is 11.5 Å². The van der Waals surface area contributed by atoms with Gasteiger partial charge >= 0.3 is 6.03 Å². The molecule has 8 nitrogen and oxygen atoms in total. The molecule has 0 atom stereocenters. The lowest BCUT2D eigenvalue weighted by molar-refractivity contribution is -0.384. The van der Waals surface area contributed by atoms with Crippen molar-refractivity contribution in [3.05, 3.63) is 99.7 Å². The number of aromatic nitrogens is 1. The van der Waals surface area contributed by atoms with Crippen LogP contribution < -0.4 is 5.32 Å². The molecule has 1 aromatic heterocycles. The van der Waals surface area contributed by atoms with Crippen LogP contribution in [0.25, 0.3) is 11.8 Å². The minimum atomic E-state index is -0.580. The Labute approximate surface area is 170 Å². The van der Waals surface area contributed by atoms with Gasteiger partial charge in [0.2, 0.25) is 0 Å². The van der Waals surface area contributed by atoms with E-state index >= 15 is 0 Å². The number of carbonyl (C=O) groups is 2. The Morgan fingerprint density at radius 1 is 1.07 bits per heavy atom. The van der Waals surface area contributed by atoms with E-state index in [-0.39, 0.29) is 17.9 Å². The third kappa shape index (κ3) is 3.68. The molecule has 1 N–H and O–H groups in total. The zero-order valence-electron chi connectivity index (χ0n) is 15.5. The first-order valence-corrected chi connectivity index (χ1v) is 8.93. The van der Waals surface area contributed by atoms with Gasteiger partial charge in [-0.1, -0.05) is 18.2 Å². The van der Waals surface area contributed by atoms with Gasteiger partial charge in [0.15, 0.2) is 0 Å². The average molecular weight is 406 g/mol. The highest BCUT2D eigenvalue weighted by Crippen LogP contribution is 2.22. The quantitative estimate of drug-likeness (QED) is 0.303. The molecule has 9 heteroatoms. The van der Waals surface area contributed by atoms with Gasteiger partial charge in [-0.3, -0.25) is 19.8 Å². The molecule has 1 fully saturated rings. The summed E-state index contributed by atoms with van der Waals surface area (Å²) >= 11 is 0. The van der Waals surface area contributed by atoms with E-state index in [0.29, 0.717) is 16.9 Å². The summed E-state index contributed by atoms with van der Waals surface area (Å²) in [5.74, 6) is -0.922. The zero-order valence-corrected chi connectivity index (χ0v) is 15.5.